The lowest BCUT2D eigenvalue weighted by molar-refractivity contribution is 0.0341. The molecule has 0 atom stereocenters. The van der Waals surface area contributed by atoms with Crippen LogP contribution < -0.4 is 4.74 Å². The lowest BCUT2D eigenvalue weighted by Crippen LogP contribution is -2.50. The van der Waals surface area contributed by atoms with Gasteiger partial charge in [0.05, 0.1) is 20.3 Å². The summed E-state index contributed by atoms with van der Waals surface area (Å²) in [6, 6.07) is 15.0. The number of ether oxygens (including phenoxy) is 2. The third-order valence-corrected chi connectivity index (χ3v) is 5.87. The van der Waals surface area contributed by atoms with E-state index in [1.54, 1.807) is 36.3 Å². The molecule has 0 aromatic heterocycles. The fraction of sp³-hybridized carbons (Fsp3) is 0.417. The normalized spacial score (nSPS) is 17.5. The third-order valence-electron chi connectivity index (χ3n) is 5.87. The quantitative estimate of drug-likeness (QED) is 0.737. The van der Waals surface area contributed by atoms with Gasteiger partial charge in [-0.1, -0.05) is 12.1 Å². The van der Waals surface area contributed by atoms with E-state index < -0.39 is 0 Å². The van der Waals surface area contributed by atoms with Crippen LogP contribution >= 0.6 is 0 Å². The molecule has 2 fully saturated rings. The first kappa shape index (κ1) is 21.3. The fourth-order valence-corrected chi connectivity index (χ4v) is 4.03. The minimum absolute atomic E-state index is 0.0118. The number of benzene rings is 2. The second-order valence-corrected chi connectivity index (χ2v) is 7.90. The van der Waals surface area contributed by atoms with Gasteiger partial charge in [-0.05, 0) is 42.0 Å². The molecular formula is C24H29N3O4. The van der Waals surface area contributed by atoms with Gasteiger partial charge in [0.25, 0.3) is 11.8 Å². The Balaban J connectivity index is 1.33. The van der Waals surface area contributed by atoms with Crippen LogP contribution in [0.2, 0.25) is 0 Å². The van der Waals surface area contributed by atoms with Gasteiger partial charge in [-0.25, -0.2) is 0 Å². The summed E-state index contributed by atoms with van der Waals surface area (Å²) >= 11 is 0. The number of morpholine rings is 1. The molecule has 0 bridgehead atoms. The first-order valence-corrected chi connectivity index (χ1v) is 10.8. The molecule has 0 saturated carbocycles. The maximum atomic E-state index is 13.0. The number of hydrogen-bond acceptors (Lipinski definition) is 5. The lowest BCUT2D eigenvalue weighted by Gasteiger charge is -2.35. The second kappa shape index (κ2) is 9.94. The number of piperazine rings is 1. The predicted octanol–water partition coefficient (Wildman–Crippen LogP) is 2.13. The number of hydrogen-bond donors (Lipinski definition) is 0. The first-order valence-electron chi connectivity index (χ1n) is 10.8. The van der Waals surface area contributed by atoms with E-state index in [0.717, 1.165) is 44.2 Å². The van der Waals surface area contributed by atoms with E-state index in [1.165, 1.54) is 0 Å². The van der Waals surface area contributed by atoms with Crippen molar-refractivity contribution in [1.29, 1.82) is 0 Å². The molecule has 0 N–H and O–H groups in total. The zero-order valence-corrected chi connectivity index (χ0v) is 18.0. The molecule has 2 amide bonds. The molecule has 2 aliphatic heterocycles. The van der Waals surface area contributed by atoms with Crippen molar-refractivity contribution in [2.75, 3.05) is 59.6 Å². The molecule has 2 heterocycles. The van der Waals surface area contributed by atoms with Gasteiger partial charge in [-0.15, -0.1) is 0 Å². The molecule has 164 valence electrons. The Labute approximate surface area is 183 Å². The molecule has 2 saturated heterocycles. The van der Waals surface area contributed by atoms with Gasteiger partial charge in [0.1, 0.15) is 5.75 Å². The molecule has 0 spiro atoms. The Morgan fingerprint density at radius 1 is 0.839 bits per heavy atom. The summed E-state index contributed by atoms with van der Waals surface area (Å²) < 4.78 is 10.6. The number of rotatable bonds is 5. The summed E-state index contributed by atoms with van der Waals surface area (Å²) in [7, 11) is 1.60. The van der Waals surface area contributed by atoms with Gasteiger partial charge in [-0.3, -0.25) is 14.5 Å². The Morgan fingerprint density at radius 3 is 2.06 bits per heavy atom. The maximum absolute atomic E-state index is 13.0. The van der Waals surface area contributed by atoms with E-state index in [0.29, 0.717) is 37.3 Å². The van der Waals surface area contributed by atoms with Crippen molar-refractivity contribution in [3.8, 4) is 5.75 Å². The van der Waals surface area contributed by atoms with E-state index in [1.807, 2.05) is 23.1 Å². The number of carbonyl (C=O) groups is 2. The Hall–Kier alpha value is -2.90. The van der Waals surface area contributed by atoms with Crippen molar-refractivity contribution in [1.82, 2.24) is 14.7 Å². The monoisotopic (exact) mass is 423 g/mol. The van der Waals surface area contributed by atoms with Crippen molar-refractivity contribution in [2.45, 2.75) is 6.54 Å². The van der Waals surface area contributed by atoms with Crippen molar-refractivity contribution in [3.05, 3.63) is 65.2 Å². The maximum Gasteiger partial charge on any atom is 0.253 e. The lowest BCUT2D eigenvalue weighted by atomic mass is 10.1. The average molecular weight is 424 g/mol. The second-order valence-electron chi connectivity index (χ2n) is 7.90. The van der Waals surface area contributed by atoms with Gasteiger partial charge in [0.15, 0.2) is 0 Å². The molecule has 4 rings (SSSR count). The summed E-state index contributed by atoms with van der Waals surface area (Å²) in [4.78, 5) is 31.8. The summed E-state index contributed by atoms with van der Waals surface area (Å²) in [5.41, 5.74) is 2.48. The minimum Gasteiger partial charge on any atom is -0.497 e. The smallest absolute Gasteiger partial charge is 0.253 e. The van der Waals surface area contributed by atoms with Crippen LogP contribution in [0.4, 0.5) is 0 Å². The summed E-state index contributed by atoms with van der Waals surface area (Å²) in [5.74, 6) is 0.741. The summed E-state index contributed by atoms with van der Waals surface area (Å²) in [6.45, 7) is 6.33. The zero-order valence-electron chi connectivity index (χ0n) is 18.0. The zero-order chi connectivity index (χ0) is 21.6. The van der Waals surface area contributed by atoms with Crippen LogP contribution in [-0.4, -0.2) is 86.1 Å². The van der Waals surface area contributed by atoms with Gasteiger partial charge in [-0.2, -0.15) is 0 Å². The SMILES string of the molecule is COc1ccc(C(=O)N2CCN(C(=O)c3cccc(CN4CCOCC4)c3)CC2)cc1. The summed E-state index contributed by atoms with van der Waals surface area (Å²) in [5, 5.41) is 0. The highest BCUT2D eigenvalue weighted by molar-refractivity contribution is 5.96. The third kappa shape index (κ3) is 5.24. The van der Waals surface area contributed by atoms with Gasteiger partial charge in [0.2, 0.25) is 0 Å². The van der Waals surface area contributed by atoms with Gasteiger partial charge in [0, 0.05) is 56.9 Å². The first-order chi connectivity index (χ1) is 15.1. The highest BCUT2D eigenvalue weighted by Gasteiger charge is 2.25. The molecule has 7 heteroatoms. The van der Waals surface area contributed by atoms with E-state index in [-0.39, 0.29) is 11.8 Å². The van der Waals surface area contributed by atoms with E-state index >= 15 is 0 Å². The number of carbonyl (C=O) groups excluding carboxylic acids is 2. The number of methoxy groups -OCH3 is 1. The van der Waals surface area contributed by atoms with Crippen LogP contribution in [0.25, 0.3) is 0 Å². The Morgan fingerprint density at radius 2 is 1.45 bits per heavy atom. The minimum atomic E-state index is -0.0118. The fourth-order valence-electron chi connectivity index (χ4n) is 4.03. The molecular weight excluding hydrogens is 394 g/mol. The van der Waals surface area contributed by atoms with Crippen LogP contribution in [0.5, 0.6) is 5.75 Å². The van der Waals surface area contributed by atoms with E-state index in [9.17, 15) is 9.59 Å². The molecule has 2 aromatic carbocycles. The van der Waals surface area contributed by atoms with Crippen LogP contribution in [0.1, 0.15) is 26.3 Å². The van der Waals surface area contributed by atoms with Gasteiger partial charge >= 0.3 is 0 Å². The molecule has 0 radical (unpaired) electrons. The number of amides is 2. The van der Waals surface area contributed by atoms with Crippen LogP contribution in [0, 0.1) is 0 Å². The van der Waals surface area contributed by atoms with Crippen molar-refractivity contribution < 1.29 is 19.1 Å². The molecule has 0 aliphatic carbocycles. The Kier molecular flexibility index (Phi) is 6.84. The van der Waals surface area contributed by atoms with E-state index in [2.05, 4.69) is 11.0 Å². The van der Waals surface area contributed by atoms with Crippen LogP contribution in [0.3, 0.4) is 0 Å². The standard InChI is InChI=1S/C24H29N3O4/c1-30-22-7-5-20(6-8-22)23(28)26-9-11-27(12-10-26)24(29)21-4-2-3-19(17-21)18-25-13-15-31-16-14-25/h2-8,17H,9-16,18H2,1H3. The Bertz CT molecular complexity index is 901. The molecule has 0 unspecified atom stereocenters. The van der Waals surface area contributed by atoms with Crippen molar-refractivity contribution in [3.63, 3.8) is 0 Å². The van der Waals surface area contributed by atoms with Crippen molar-refractivity contribution in [2.24, 2.45) is 0 Å². The molecule has 7 nitrogen and oxygen atoms in total. The highest BCUT2D eigenvalue weighted by Crippen LogP contribution is 2.16. The highest BCUT2D eigenvalue weighted by atomic mass is 16.5. The van der Waals surface area contributed by atoms with E-state index in [4.69, 9.17) is 9.47 Å². The number of nitrogens with zero attached hydrogens (tertiary/aromatic N) is 3. The molecule has 2 aliphatic rings. The average Bonchev–Trinajstić information content (AvgIpc) is 2.84. The van der Waals surface area contributed by atoms with Gasteiger partial charge < -0.3 is 19.3 Å². The molecule has 2 aromatic rings. The molecule has 31 heavy (non-hydrogen) atoms. The van der Waals surface area contributed by atoms with Crippen LogP contribution in [0.15, 0.2) is 48.5 Å². The largest absolute Gasteiger partial charge is 0.497 e. The van der Waals surface area contributed by atoms with Crippen LogP contribution in [-0.2, 0) is 11.3 Å². The van der Waals surface area contributed by atoms with Crippen molar-refractivity contribution >= 4 is 11.8 Å². The summed E-state index contributed by atoms with van der Waals surface area (Å²) in [6.07, 6.45) is 0. The predicted molar refractivity (Wildman–Crippen MR) is 117 cm³/mol. The topological polar surface area (TPSA) is 62.3 Å².